The van der Waals surface area contributed by atoms with Gasteiger partial charge in [0.05, 0.1) is 18.2 Å². The average Bonchev–Trinajstić information content (AvgIpc) is 3.39. The second kappa shape index (κ2) is 7.79. The number of anilines is 1. The highest BCUT2D eigenvalue weighted by Crippen LogP contribution is 2.44. The van der Waals surface area contributed by atoms with Crippen LogP contribution in [0.2, 0.25) is 0 Å². The first-order chi connectivity index (χ1) is 13.6. The van der Waals surface area contributed by atoms with E-state index < -0.39 is 0 Å². The van der Waals surface area contributed by atoms with Crippen molar-refractivity contribution in [2.75, 3.05) is 37.8 Å². The molecule has 8 heteroatoms. The number of hydrogen-bond acceptors (Lipinski definition) is 5. The predicted octanol–water partition coefficient (Wildman–Crippen LogP) is 3.50. The lowest BCUT2D eigenvalue weighted by Gasteiger charge is -2.43. The fourth-order valence-corrected chi connectivity index (χ4v) is 5.26. The quantitative estimate of drug-likeness (QED) is 0.852. The van der Waals surface area contributed by atoms with Crippen molar-refractivity contribution in [3.8, 4) is 5.75 Å². The van der Waals surface area contributed by atoms with Gasteiger partial charge in [-0.15, -0.1) is 11.8 Å². The first kappa shape index (κ1) is 18.7. The molecule has 3 heterocycles. The molecule has 4 rings (SSSR count). The molecule has 0 radical (unpaired) electrons. The van der Waals surface area contributed by atoms with E-state index in [0.29, 0.717) is 36.8 Å². The Morgan fingerprint density at radius 2 is 2.00 bits per heavy atom. The third-order valence-corrected chi connectivity index (χ3v) is 6.86. The lowest BCUT2D eigenvalue weighted by molar-refractivity contribution is 0.0554. The molecule has 0 saturated carbocycles. The van der Waals surface area contributed by atoms with E-state index in [1.165, 1.54) is 6.26 Å². The van der Waals surface area contributed by atoms with E-state index in [4.69, 9.17) is 9.15 Å². The van der Waals surface area contributed by atoms with Crippen molar-refractivity contribution in [2.24, 2.45) is 0 Å². The van der Waals surface area contributed by atoms with Gasteiger partial charge in [-0.05, 0) is 37.1 Å². The fourth-order valence-electron chi connectivity index (χ4n) is 3.81. The van der Waals surface area contributed by atoms with Crippen molar-refractivity contribution in [1.29, 1.82) is 0 Å². The number of hydrogen-bond donors (Lipinski definition) is 1. The molecule has 2 aromatic rings. The van der Waals surface area contributed by atoms with Crippen molar-refractivity contribution < 1.29 is 18.7 Å². The van der Waals surface area contributed by atoms with E-state index in [9.17, 15) is 9.59 Å². The summed E-state index contributed by atoms with van der Waals surface area (Å²) in [6.07, 6.45) is 3.01. The summed E-state index contributed by atoms with van der Waals surface area (Å²) in [5.41, 5.74) is 0.703. The molecular formula is C20H23N3O4S. The molecule has 0 unspecified atom stereocenters. The molecule has 2 fully saturated rings. The maximum Gasteiger partial charge on any atom is 0.321 e. The zero-order valence-electron chi connectivity index (χ0n) is 15.7. The molecule has 0 atom stereocenters. The highest BCUT2D eigenvalue weighted by Gasteiger charge is 2.47. The lowest BCUT2D eigenvalue weighted by Crippen LogP contribution is -2.54. The summed E-state index contributed by atoms with van der Waals surface area (Å²) in [5.74, 6) is 1.91. The average molecular weight is 401 g/mol. The number of ether oxygens (including phenoxy) is 1. The van der Waals surface area contributed by atoms with Crippen molar-refractivity contribution in [3.05, 3.63) is 48.4 Å². The number of carbonyl (C=O) groups is 2. The maximum absolute atomic E-state index is 12.8. The van der Waals surface area contributed by atoms with Gasteiger partial charge in [-0.2, -0.15) is 0 Å². The molecule has 3 amide bonds. The van der Waals surface area contributed by atoms with E-state index in [0.717, 1.165) is 18.6 Å². The molecule has 7 nitrogen and oxygen atoms in total. The number of amides is 3. The smallest absolute Gasteiger partial charge is 0.321 e. The summed E-state index contributed by atoms with van der Waals surface area (Å²) in [6, 6.07) is 10.6. The number of nitrogens with zero attached hydrogens (tertiary/aromatic N) is 2. The second-order valence-corrected chi connectivity index (χ2v) is 8.33. The zero-order chi connectivity index (χ0) is 19.6. The summed E-state index contributed by atoms with van der Waals surface area (Å²) < 4.78 is 10.5. The molecule has 1 spiro atoms. The molecule has 2 saturated heterocycles. The Morgan fingerprint density at radius 3 is 2.71 bits per heavy atom. The van der Waals surface area contributed by atoms with Gasteiger partial charge in [0.1, 0.15) is 5.75 Å². The van der Waals surface area contributed by atoms with Crippen molar-refractivity contribution in [2.45, 2.75) is 17.7 Å². The van der Waals surface area contributed by atoms with Crippen LogP contribution in [-0.4, -0.2) is 59.1 Å². The van der Waals surface area contributed by atoms with Gasteiger partial charge in [0.2, 0.25) is 0 Å². The van der Waals surface area contributed by atoms with Gasteiger partial charge < -0.3 is 24.3 Å². The Morgan fingerprint density at radius 1 is 1.18 bits per heavy atom. The van der Waals surface area contributed by atoms with Crippen LogP contribution in [0.25, 0.3) is 0 Å². The number of piperidine rings is 1. The van der Waals surface area contributed by atoms with Crippen LogP contribution in [0.4, 0.5) is 10.5 Å². The number of nitrogens with one attached hydrogen (secondary N) is 1. The Hall–Kier alpha value is -2.61. The van der Waals surface area contributed by atoms with Gasteiger partial charge in [0.25, 0.3) is 5.91 Å². The van der Waals surface area contributed by atoms with Gasteiger partial charge in [-0.3, -0.25) is 4.79 Å². The molecule has 1 aromatic carbocycles. The zero-order valence-corrected chi connectivity index (χ0v) is 16.5. The summed E-state index contributed by atoms with van der Waals surface area (Å²) in [5, 5.41) is 2.93. The van der Waals surface area contributed by atoms with Crippen LogP contribution in [0.5, 0.6) is 5.75 Å². The third kappa shape index (κ3) is 3.56. The van der Waals surface area contributed by atoms with Crippen LogP contribution in [0.15, 0.2) is 47.1 Å². The summed E-state index contributed by atoms with van der Waals surface area (Å²) in [6.45, 7) is 1.91. The Balaban J connectivity index is 1.39. The molecule has 0 aliphatic carbocycles. The van der Waals surface area contributed by atoms with Crippen LogP contribution in [0.3, 0.4) is 0 Å². The number of likely N-dealkylation sites (tertiary alicyclic amines) is 1. The minimum absolute atomic E-state index is 0.0655. The number of benzene rings is 1. The van der Waals surface area contributed by atoms with Gasteiger partial charge >= 0.3 is 6.03 Å². The summed E-state index contributed by atoms with van der Waals surface area (Å²) in [4.78, 5) is 28.9. The SMILES string of the molecule is COc1cccc(NC(=O)N2CCC3(CC2)SCCN3C(=O)c2ccco2)c1. The molecule has 148 valence electrons. The molecular weight excluding hydrogens is 378 g/mol. The first-order valence-corrected chi connectivity index (χ1v) is 10.3. The monoisotopic (exact) mass is 401 g/mol. The van der Waals surface area contributed by atoms with Gasteiger partial charge in [0.15, 0.2) is 5.76 Å². The second-order valence-electron chi connectivity index (χ2n) is 6.88. The van der Waals surface area contributed by atoms with E-state index >= 15 is 0 Å². The molecule has 0 bridgehead atoms. The fraction of sp³-hybridized carbons (Fsp3) is 0.400. The number of thioether (sulfide) groups is 1. The van der Waals surface area contributed by atoms with E-state index in [-0.39, 0.29) is 16.8 Å². The van der Waals surface area contributed by atoms with E-state index in [1.54, 1.807) is 30.2 Å². The van der Waals surface area contributed by atoms with E-state index in [1.807, 2.05) is 34.9 Å². The van der Waals surface area contributed by atoms with Crippen LogP contribution < -0.4 is 10.1 Å². The van der Waals surface area contributed by atoms with Crippen LogP contribution >= 0.6 is 11.8 Å². The van der Waals surface area contributed by atoms with Crippen molar-refractivity contribution in [1.82, 2.24) is 9.80 Å². The van der Waals surface area contributed by atoms with Crippen molar-refractivity contribution >= 4 is 29.4 Å². The summed E-state index contributed by atoms with van der Waals surface area (Å²) in [7, 11) is 1.60. The molecule has 1 N–H and O–H groups in total. The highest BCUT2D eigenvalue weighted by atomic mass is 32.2. The Kier molecular flexibility index (Phi) is 5.21. The van der Waals surface area contributed by atoms with Crippen LogP contribution in [-0.2, 0) is 0 Å². The standard InChI is InChI=1S/C20H23N3O4S/c1-26-16-5-2-4-15(14-16)21-19(25)22-9-7-20(8-10-22)23(11-13-28-20)18(24)17-6-3-12-27-17/h2-6,12,14H,7-11,13H2,1H3,(H,21,25). The number of rotatable bonds is 3. The molecule has 1 aromatic heterocycles. The van der Waals surface area contributed by atoms with Gasteiger partial charge in [-0.25, -0.2) is 4.79 Å². The van der Waals surface area contributed by atoms with Gasteiger partial charge in [-0.1, -0.05) is 6.07 Å². The topological polar surface area (TPSA) is 75.0 Å². The summed E-state index contributed by atoms with van der Waals surface area (Å²) >= 11 is 1.81. The maximum atomic E-state index is 12.8. The number of carbonyl (C=O) groups excluding carboxylic acids is 2. The predicted molar refractivity (Wildman–Crippen MR) is 108 cm³/mol. The first-order valence-electron chi connectivity index (χ1n) is 9.31. The Bertz CT molecular complexity index is 847. The van der Waals surface area contributed by atoms with Gasteiger partial charge in [0, 0.05) is 37.1 Å². The lowest BCUT2D eigenvalue weighted by atomic mass is 10.0. The normalized spacial score (nSPS) is 18.3. The Labute approximate surface area is 168 Å². The largest absolute Gasteiger partial charge is 0.497 e. The number of methoxy groups -OCH3 is 1. The van der Waals surface area contributed by atoms with E-state index in [2.05, 4.69) is 5.32 Å². The number of furan rings is 1. The van der Waals surface area contributed by atoms with Crippen molar-refractivity contribution in [3.63, 3.8) is 0 Å². The minimum Gasteiger partial charge on any atom is -0.497 e. The molecule has 2 aliphatic heterocycles. The minimum atomic E-state index is -0.253. The molecule has 28 heavy (non-hydrogen) atoms. The number of urea groups is 1. The third-order valence-electron chi connectivity index (χ3n) is 5.31. The molecule has 2 aliphatic rings. The van der Waals surface area contributed by atoms with Crippen LogP contribution in [0, 0.1) is 0 Å². The van der Waals surface area contributed by atoms with Crippen LogP contribution in [0.1, 0.15) is 23.4 Å². The highest BCUT2D eigenvalue weighted by molar-refractivity contribution is 8.00.